The number of methoxy groups -OCH3 is 1. The van der Waals surface area contributed by atoms with Crippen molar-refractivity contribution in [3.63, 3.8) is 0 Å². The lowest BCUT2D eigenvalue weighted by molar-refractivity contribution is 0.411. The molecular formula is C16H11BrClFOS. The van der Waals surface area contributed by atoms with Gasteiger partial charge in [0.2, 0.25) is 0 Å². The third kappa shape index (κ3) is 2.68. The Hall–Kier alpha value is -1.10. The molecule has 0 spiro atoms. The Morgan fingerprint density at radius 1 is 1.24 bits per heavy atom. The minimum Gasteiger partial charge on any atom is -0.497 e. The molecule has 1 nitrogen and oxygen atoms in total. The summed E-state index contributed by atoms with van der Waals surface area (Å²) in [5.74, 6) is 0.127. The number of halogens is 3. The monoisotopic (exact) mass is 384 g/mol. The predicted molar refractivity (Wildman–Crippen MR) is 90.2 cm³/mol. The van der Waals surface area contributed by atoms with E-state index in [1.807, 2.05) is 23.6 Å². The van der Waals surface area contributed by atoms with Gasteiger partial charge in [-0.3, -0.25) is 0 Å². The van der Waals surface area contributed by atoms with Crippen LogP contribution in [0.2, 0.25) is 0 Å². The van der Waals surface area contributed by atoms with Gasteiger partial charge in [-0.05, 0) is 44.4 Å². The molecule has 1 heterocycles. The molecule has 5 heteroatoms. The molecular weight excluding hydrogens is 375 g/mol. The lowest BCUT2D eigenvalue weighted by Gasteiger charge is -2.11. The molecule has 108 valence electrons. The Morgan fingerprint density at radius 2 is 2.05 bits per heavy atom. The normalized spacial score (nSPS) is 12.6. The second-order valence-corrected chi connectivity index (χ2v) is 6.73. The standard InChI is InChI=1S/C16H11BrClFOS/c1-20-9-5-6-11(14(19)7-9)15(18)12-8-21-16-10(12)3-2-4-13(16)17/h2-8,15H,1H3. The first-order valence-electron chi connectivity index (χ1n) is 6.25. The highest BCUT2D eigenvalue weighted by Gasteiger charge is 2.20. The van der Waals surface area contributed by atoms with Gasteiger partial charge in [-0.15, -0.1) is 22.9 Å². The fraction of sp³-hybridized carbons (Fsp3) is 0.125. The molecule has 0 bridgehead atoms. The van der Waals surface area contributed by atoms with Crippen molar-refractivity contribution in [2.75, 3.05) is 7.11 Å². The summed E-state index contributed by atoms with van der Waals surface area (Å²) in [6, 6.07) is 10.7. The molecule has 0 saturated carbocycles. The third-order valence-electron chi connectivity index (χ3n) is 3.34. The average Bonchev–Trinajstić information content (AvgIpc) is 2.92. The zero-order valence-corrected chi connectivity index (χ0v) is 14.2. The van der Waals surface area contributed by atoms with Crippen LogP contribution in [0.3, 0.4) is 0 Å². The molecule has 0 aliphatic rings. The van der Waals surface area contributed by atoms with Crippen LogP contribution in [-0.4, -0.2) is 7.11 Å². The fourth-order valence-corrected chi connectivity index (χ4v) is 4.33. The van der Waals surface area contributed by atoms with Crippen LogP contribution in [0.25, 0.3) is 10.1 Å². The van der Waals surface area contributed by atoms with Gasteiger partial charge in [-0.25, -0.2) is 4.39 Å². The van der Waals surface area contributed by atoms with Gasteiger partial charge >= 0.3 is 0 Å². The van der Waals surface area contributed by atoms with Gasteiger partial charge in [0, 0.05) is 20.8 Å². The van der Waals surface area contributed by atoms with Gasteiger partial charge in [0.1, 0.15) is 11.6 Å². The predicted octanol–water partition coefficient (Wildman–Crippen LogP) is 6.14. The molecule has 1 aromatic heterocycles. The number of hydrogen-bond donors (Lipinski definition) is 0. The Balaban J connectivity index is 2.08. The summed E-state index contributed by atoms with van der Waals surface area (Å²) in [6.07, 6.45) is 0. The lowest BCUT2D eigenvalue weighted by Crippen LogP contribution is -1.97. The summed E-state index contributed by atoms with van der Waals surface area (Å²) in [6.45, 7) is 0. The first kappa shape index (κ1) is 14.8. The van der Waals surface area contributed by atoms with E-state index in [-0.39, 0.29) is 5.82 Å². The highest BCUT2D eigenvalue weighted by Crippen LogP contribution is 2.41. The number of hydrogen-bond acceptors (Lipinski definition) is 2. The maximum atomic E-state index is 14.2. The largest absolute Gasteiger partial charge is 0.497 e. The van der Waals surface area contributed by atoms with Crippen LogP contribution < -0.4 is 4.74 Å². The van der Waals surface area contributed by atoms with Crippen molar-refractivity contribution in [3.8, 4) is 5.75 Å². The van der Waals surface area contributed by atoms with Gasteiger partial charge < -0.3 is 4.74 Å². The summed E-state index contributed by atoms with van der Waals surface area (Å²) in [5, 5.41) is 2.50. The highest BCUT2D eigenvalue weighted by atomic mass is 79.9. The van der Waals surface area contributed by atoms with E-state index in [0.29, 0.717) is 11.3 Å². The van der Waals surface area contributed by atoms with E-state index < -0.39 is 5.38 Å². The molecule has 0 aliphatic heterocycles. The molecule has 0 N–H and O–H groups in total. The van der Waals surface area contributed by atoms with E-state index >= 15 is 0 Å². The zero-order valence-electron chi connectivity index (χ0n) is 11.1. The molecule has 0 saturated heterocycles. The van der Waals surface area contributed by atoms with Gasteiger partial charge in [-0.2, -0.15) is 0 Å². The van der Waals surface area contributed by atoms with Crippen LogP contribution in [0.4, 0.5) is 4.39 Å². The van der Waals surface area contributed by atoms with E-state index in [2.05, 4.69) is 15.9 Å². The number of fused-ring (bicyclic) bond motifs is 1. The maximum Gasteiger partial charge on any atom is 0.131 e. The number of benzene rings is 2. The van der Waals surface area contributed by atoms with Gasteiger partial charge in [0.05, 0.1) is 12.5 Å². The van der Waals surface area contributed by atoms with Crippen LogP contribution in [0, 0.1) is 5.82 Å². The first-order valence-corrected chi connectivity index (χ1v) is 8.36. The van der Waals surface area contributed by atoms with Gasteiger partial charge in [0.25, 0.3) is 0 Å². The summed E-state index contributed by atoms with van der Waals surface area (Å²) >= 11 is 11.6. The number of ether oxygens (including phenoxy) is 1. The Morgan fingerprint density at radius 3 is 2.76 bits per heavy atom. The van der Waals surface area contributed by atoms with E-state index in [4.69, 9.17) is 16.3 Å². The van der Waals surface area contributed by atoms with Crippen molar-refractivity contribution >= 4 is 49.0 Å². The van der Waals surface area contributed by atoms with Gasteiger partial charge in [0.15, 0.2) is 0 Å². The Bertz CT molecular complexity index is 802. The zero-order chi connectivity index (χ0) is 15.0. The minimum atomic E-state index is -0.529. The molecule has 0 fully saturated rings. The average molecular weight is 386 g/mol. The van der Waals surface area contributed by atoms with Crippen molar-refractivity contribution in [3.05, 3.63) is 63.2 Å². The topological polar surface area (TPSA) is 9.23 Å². The minimum absolute atomic E-state index is 0.358. The van der Waals surface area contributed by atoms with Gasteiger partial charge in [-0.1, -0.05) is 18.2 Å². The van der Waals surface area contributed by atoms with Crippen molar-refractivity contribution in [1.29, 1.82) is 0 Å². The van der Waals surface area contributed by atoms with Crippen molar-refractivity contribution in [2.45, 2.75) is 5.38 Å². The van der Waals surface area contributed by atoms with E-state index in [1.54, 1.807) is 23.5 Å². The molecule has 0 amide bonds. The van der Waals surface area contributed by atoms with Crippen LogP contribution in [0.5, 0.6) is 5.75 Å². The van der Waals surface area contributed by atoms with Crippen LogP contribution >= 0.6 is 38.9 Å². The van der Waals surface area contributed by atoms with Crippen molar-refractivity contribution in [2.24, 2.45) is 0 Å². The molecule has 21 heavy (non-hydrogen) atoms. The Labute approximate surface area is 139 Å². The van der Waals surface area contributed by atoms with Crippen molar-refractivity contribution in [1.82, 2.24) is 0 Å². The quantitative estimate of drug-likeness (QED) is 0.492. The first-order chi connectivity index (χ1) is 10.1. The summed E-state index contributed by atoms with van der Waals surface area (Å²) in [5.41, 5.74) is 1.37. The third-order valence-corrected chi connectivity index (χ3v) is 5.78. The summed E-state index contributed by atoms with van der Waals surface area (Å²) < 4.78 is 21.3. The molecule has 3 rings (SSSR count). The molecule has 3 aromatic rings. The molecule has 1 atom stereocenters. The SMILES string of the molecule is COc1ccc(C(Cl)c2csc3c(Br)cccc23)c(F)c1. The molecule has 0 aliphatic carbocycles. The van der Waals surface area contributed by atoms with E-state index in [0.717, 1.165) is 20.1 Å². The smallest absolute Gasteiger partial charge is 0.131 e. The maximum absolute atomic E-state index is 14.2. The fourth-order valence-electron chi connectivity index (χ4n) is 2.25. The van der Waals surface area contributed by atoms with Crippen LogP contribution in [0.1, 0.15) is 16.5 Å². The summed E-state index contributed by atoms with van der Waals surface area (Å²) in [7, 11) is 1.51. The Kier molecular flexibility index (Phi) is 4.20. The van der Waals surface area contributed by atoms with Crippen LogP contribution in [-0.2, 0) is 0 Å². The number of alkyl halides is 1. The highest BCUT2D eigenvalue weighted by molar-refractivity contribution is 9.10. The molecule has 0 radical (unpaired) electrons. The van der Waals surface area contributed by atoms with E-state index in [9.17, 15) is 4.39 Å². The summed E-state index contributed by atoms with van der Waals surface area (Å²) in [4.78, 5) is 0. The van der Waals surface area contributed by atoms with E-state index in [1.165, 1.54) is 13.2 Å². The second-order valence-electron chi connectivity index (χ2n) is 4.56. The lowest BCUT2D eigenvalue weighted by atomic mass is 10.0. The number of rotatable bonds is 3. The molecule has 2 aromatic carbocycles. The number of thiophene rings is 1. The second kappa shape index (κ2) is 5.95. The molecule has 1 unspecified atom stereocenters. The van der Waals surface area contributed by atoms with Crippen molar-refractivity contribution < 1.29 is 9.13 Å². The van der Waals surface area contributed by atoms with Crippen LogP contribution in [0.15, 0.2) is 46.3 Å².